The van der Waals surface area contributed by atoms with Crippen LogP contribution in [0.1, 0.15) is 28.8 Å². The van der Waals surface area contributed by atoms with Crippen molar-refractivity contribution in [2.24, 2.45) is 0 Å². The van der Waals surface area contributed by atoms with Gasteiger partial charge in [0.15, 0.2) is 0 Å². The quantitative estimate of drug-likeness (QED) is 0.937. The summed E-state index contributed by atoms with van der Waals surface area (Å²) in [6, 6.07) is 5.55. The van der Waals surface area contributed by atoms with Crippen LogP contribution in [0.5, 0.6) is 0 Å². The highest BCUT2D eigenvalue weighted by Crippen LogP contribution is 2.30. The van der Waals surface area contributed by atoms with Gasteiger partial charge in [-0.05, 0) is 37.1 Å². The van der Waals surface area contributed by atoms with E-state index in [0.29, 0.717) is 5.69 Å². The van der Waals surface area contributed by atoms with Crippen molar-refractivity contribution in [2.75, 3.05) is 0 Å². The first-order valence-electron chi connectivity index (χ1n) is 5.69. The fraction of sp³-hybridized carbons (Fsp3) is 0.308. The Morgan fingerprint density at radius 3 is 2.26 bits per heavy atom. The molecule has 0 aliphatic carbocycles. The average molecular weight is 287 g/mol. The fourth-order valence-corrected chi connectivity index (χ4v) is 2.30. The monoisotopic (exact) mass is 286 g/mol. The maximum Gasteiger partial charge on any atom is 0.282 e. The maximum absolute atomic E-state index is 12.8. The molecule has 1 aromatic heterocycles. The predicted octanol–water partition coefficient (Wildman–Crippen LogP) is 3.57. The second-order valence-electron chi connectivity index (χ2n) is 4.37. The Morgan fingerprint density at radius 1 is 1.26 bits per heavy atom. The number of halogens is 3. The lowest BCUT2D eigenvalue weighted by molar-refractivity contribution is 0.141. The van der Waals surface area contributed by atoms with Crippen molar-refractivity contribution in [3.8, 4) is 5.69 Å². The lowest BCUT2D eigenvalue weighted by Gasteiger charge is -2.06. The van der Waals surface area contributed by atoms with E-state index in [1.54, 1.807) is 12.1 Å². The van der Waals surface area contributed by atoms with E-state index < -0.39 is 18.7 Å². The van der Waals surface area contributed by atoms with Gasteiger partial charge >= 0.3 is 0 Å². The average Bonchev–Trinajstić information content (AvgIpc) is 2.65. The molecule has 0 fully saturated rings. The standard InChI is InChI=1S/C13H13ClF2N2O/c1-7-3-8(2)5-9(4-7)18-12(14)10(6-19)11(17-18)13(15)16/h3-5,13,19H,6H2,1-2H3. The van der Waals surface area contributed by atoms with E-state index >= 15 is 0 Å². The zero-order valence-electron chi connectivity index (χ0n) is 10.5. The van der Waals surface area contributed by atoms with Crippen LogP contribution in [-0.2, 0) is 6.61 Å². The molecule has 19 heavy (non-hydrogen) atoms. The molecule has 2 rings (SSSR count). The second-order valence-corrected chi connectivity index (χ2v) is 4.73. The minimum Gasteiger partial charge on any atom is -0.391 e. The number of aromatic nitrogens is 2. The molecule has 6 heteroatoms. The van der Waals surface area contributed by atoms with Gasteiger partial charge in [0.1, 0.15) is 10.8 Å². The first kappa shape index (κ1) is 14.0. The molecule has 3 nitrogen and oxygen atoms in total. The van der Waals surface area contributed by atoms with E-state index in [1.165, 1.54) is 4.68 Å². The van der Waals surface area contributed by atoms with E-state index in [9.17, 15) is 8.78 Å². The van der Waals surface area contributed by atoms with E-state index in [4.69, 9.17) is 16.7 Å². The summed E-state index contributed by atoms with van der Waals surface area (Å²) in [5.41, 5.74) is 2.04. The van der Waals surface area contributed by atoms with Crippen LogP contribution < -0.4 is 0 Å². The van der Waals surface area contributed by atoms with Crippen LogP contribution in [0.2, 0.25) is 5.15 Å². The molecule has 0 aliphatic heterocycles. The van der Waals surface area contributed by atoms with Gasteiger partial charge in [-0.3, -0.25) is 0 Å². The van der Waals surface area contributed by atoms with Crippen molar-refractivity contribution >= 4 is 11.6 Å². The number of aliphatic hydroxyl groups excluding tert-OH is 1. The molecule has 1 aromatic carbocycles. The Bertz CT molecular complexity index is 591. The van der Waals surface area contributed by atoms with Gasteiger partial charge in [0.25, 0.3) is 6.43 Å². The van der Waals surface area contributed by atoms with E-state index in [2.05, 4.69) is 5.10 Å². The molecule has 1 heterocycles. The number of hydrogen-bond donors (Lipinski definition) is 1. The molecule has 2 aromatic rings. The molecule has 0 unspecified atom stereocenters. The van der Waals surface area contributed by atoms with Crippen LogP contribution in [0.25, 0.3) is 5.69 Å². The van der Waals surface area contributed by atoms with Crippen molar-refractivity contribution in [3.05, 3.63) is 45.7 Å². The summed E-state index contributed by atoms with van der Waals surface area (Å²) < 4.78 is 26.9. The van der Waals surface area contributed by atoms with Crippen molar-refractivity contribution < 1.29 is 13.9 Å². The van der Waals surface area contributed by atoms with Crippen LogP contribution in [0.15, 0.2) is 18.2 Å². The Morgan fingerprint density at radius 2 is 1.84 bits per heavy atom. The Kier molecular flexibility index (Phi) is 3.87. The summed E-state index contributed by atoms with van der Waals surface area (Å²) in [5, 5.41) is 13.0. The first-order chi connectivity index (χ1) is 8.93. The molecule has 102 valence electrons. The van der Waals surface area contributed by atoms with Gasteiger partial charge in [-0.1, -0.05) is 17.7 Å². The van der Waals surface area contributed by atoms with Gasteiger partial charge in [-0.15, -0.1) is 0 Å². The molecule has 0 bridgehead atoms. The zero-order valence-corrected chi connectivity index (χ0v) is 11.2. The van der Waals surface area contributed by atoms with Crippen LogP contribution in [0.3, 0.4) is 0 Å². The Balaban J connectivity index is 2.62. The van der Waals surface area contributed by atoms with E-state index in [-0.39, 0.29) is 10.7 Å². The van der Waals surface area contributed by atoms with Crippen LogP contribution >= 0.6 is 11.6 Å². The Labute approximate surface area is 114 Å². The topological polar surface area (TPSA) is 38.0 Å². The number of rotatable bonds is 3. The summed E-state index contributed by atoms with van der Waals surface area (Å²) in [4.78, 5) is 0. The number of alkyl halides is 2. The van der Waals surface area contributed by atoms with Gasteiger partial charge in [0.05, 0.1) is 12.3 Å². The number of aliphatic hydroxyl groups is 1. The molecular weight excluding hydrogens is 274 g/mol. The van der Waals surface area contributed by atoms with E-state index in [1.807, 2.05) is 19.9 Å². The predicted molar refractivity (Wildman–Crippen MR) is 68.9 cm³/mol. The maximum atomic E-state index is 12.8. The number of hydrogen-bond acceptors (Lipinski definition) is 2. The lowest BCUT2D eigenvalue weighted by Crippen LogP contribution is -1.99. The van der Waals surface area contributed by atoms with Gasteiger partial charge in [-0.25, -0.2) is 13.5 Å². The Hall–Kier alpha value is -1.46. The lowest BCUT2D eigenvalue weighted by atomic mass is 10.1. The minimum atomic E-state index is -2.77. The smallest absolute Gasteiger partial charge is 0.282 e. The highest BCUT2D eigenvalue weighted by atomic mass is 35.5. The van der Waals surface area contributed by atoms with E-state index in [0.717, 1.165) is 11.1 Å². The minimum absolute atomic E-state index is 0.0165. The number of benzene rings is 1. The van der Waals surface area contributed by atoms with Gasteiger partial charge < -0.3 is 5.11 Å². The second kappa shape index (κ2) is 5.27. The van der Waals surface area contributed by atoms with Gasteiger partial charge in [0.2, 0.25) is 0 Å². The first-order valence-corrected chi connectivity index (χ1v) is 6.06. The molecule has 0 radical (unpaired) electrons. The van der Waals surface area contributed by atoms with Crippen molar-refractivity contribution in [3.63, 3.8) is 0 Å². The zero-order chi connectivity index (χ0) is 14.2. The van der Waals surface area contributed by atoms with Crippen LogP contribution in [0, 0.1) is 13.8 Å². The summed E-state index contributed by atoms with van der Waals surface area (Å²) in [6.07, 6.45) is -2.77. The molecule has 0 spiro atoms. The highest BCUT2D eigenvalue weighted by Gasteiger charge is 2.23. The van der Waals surface area contributed by atoms with Crippen molar-refractivity contribution in [1.29, 1.82) is 0 Å². The molecule has 0 amide bonds. The normalized spacial score (nSPS) is 11.3. The summed E-state index contributed by atoms with van der Waals surface area (Å²) >= 11 is 6.02. The van der Waals surface area contributed by atoms with Crippen LogP contribution in [-0.4, -0.2) is 14.9 Å². The van der Waals surface area contributed by atoms with Crippen molar-refractivity contribution in [1.82, 2.24) is 9.78 Å². The van der Waals surface area contributed by atoms with Gasteiger partial charge in [-0.2, -0.15) is 5.10 Å². The molecule has 0 saturated carbocycles. The molecule has 0 atom stereocenters. The third-order valence-electron chi connectivity index (χ3n) is 2.77. The molecule has 1 N–H and O–H groups in total. The summed E-state index contributed by atoms with van der Waals surface area (Å²) in [7, 11) is 0. The third-order valence-corrected chi connectivity index (χ3v) is 3.16. The van der Waals surface area contributed by atoms with Crippen LogP contribution in [0.4, 0.5) is 8.78 Å². The third kappa shape index (κ3) is 2.62. The largest absolute Gasteiger partial charge is 0.391 e. The molecule has 0 saturated heterocycles. The summed E-state index contributed by atoms with van der Waals surface area (Å²) in [6.45, 7) is 3.23. The molecule has 0 aliphatic rings. The van der Waals surface area contributed by atoms with Gasteiger partial charge in [0, 0.05) is 5.56 Å². The SMILES string of the molecule is Cc1cc(C)cc(-n2nc(C(F)F)c(CO)c2Cl)c1. The number of nitrogens with zero attached hydrogens (tertiary/aromatic N) is 2. The number of aryl methyl sites for hydroxylation is 2. The molecular formula is C13H13ClF2N2O. The van der Waals surface area contributed by atoms with Crippen molar-refractivity contribution in [2.45, 2.75) is 26.9 Å². The highest BCUT2D eigenvalue weighted by molar-refractivity contribution is 6.30. The fourth-order valence-electron chi connectivity index (χ4n) is 2.01. The summed E-state index contributed by atoms with van der Waals surface area (Å²) in [5.74, 6) is 0.